The van der Waals surface area contributed by atoms with Crippen LogP contribution in [-0.4, -0.2) is 30.7 Å². The number of hydrogen-bond acceptors (Lipinski definition) is 5. The van der Waals surface area contributed by atoms with Crippen LogP contribution < -0.4 is 10.5 Å². The minimum absolute atomic E-state index is 0.00533. The van der Waals surface area contributed by atoms with Crippen LogP contribution in [0.2, 0.25) is 0 Å². The number of ether oxygens (including phenoxy) is 2. The summed E-state index contributed by atoms with van der Waals surface area (Å²) in [6.45, 7) is 2.03. The van der Waals surface area contributed by atoms with Crippen molar-refractivity contribution in [3.8, 4) is 5.88 Å². The van der Waals surface area contributed by atoms with Gasteiger partial charge >= 0.3 is 12.1 Å². The third kappa shape index (κ3) is 5.22. The molecule has 21 heavy (non-hydrogen) atoms. The molecule has 2 N–H and O–H groups in total. The number of halogens is 3. The molecule has 0 saturated heterocycles. The molecule has 0 radical (unpaired) electrons. The number of aromatic nitrogens is 1. The van der Waals surface area contributed by atoms with Crippen LogP contribution in [0.15, 0.2) is 12.3 Å². The van der Waals surface area contributed by atoms with Crippen molar-refractivity contribution in [3.05, 3.63) is 23.4 Å². The zero-order chi connectivity index (χ0) is 16.0. The van der Waals surface area contributed by atoms with Gasteiger partial charge in [-0.2, -0.15) is 13.2 Å². The molecular formula is C13H17F3N2O3. The third-order valence-electron chi connectivity index (χ3n) is 2.63. The molecule has 1 unspecified atom stereocenters. The maximum absolute atomic E-state index is 12.6. The summed E-state index contributed by atoms with van der Waals surface area (Å²) in [7, 11) is 1.07. The van der Waals surface area contributed by atoms with Gasteiger partial charge in [-0.15, -0.1) is 0 Å². The first-order valence-electron chi connectivity index (χ1n) is 6.29. The molecule has 1 heterocycles. The molecule has 0 spiro atoms. The largest absolute Gasteiger partial charge is 0.477 e. The second-order valence-electron chi connectivity index (χ2n) is 4.53. The fourth-order valence-corrected chi connectivity index (χ4v) is 1.55. The highest BCUT2D eigenvalue weighted by Gasteiger charge is 2.33. The third-order valence-corrected chi connectivity index (χ3v) is 2.63. The summed E-state index contributed by atoms with van der Waals surface area (Å²) in [6, 6.07) is 0.661. The Kier molecular flexibility index (Phi) is 5.95. The van der Waals surface area contributed by atoms with E-state index in [0.717, 1.165) is 7.11 Å². The highest BCUT2D eigenvalue weighted by molar-refractivity contribution is 5.92. The molecule has 0 fully saturated rings. The first kappa shape index (κ1) is 17.2. The van der Waals surface area contributed by atoms with Crippen molar-refractivity contribution in [1.29, 1.82) is 0 Å². The highest BCUT2D eigenvalue weighted by Crippen LogP contribution is 2.31. The normalized spacial score (nSPS) is 12.9. The van der Waals surface area contributed by atoms with E-state index in [1.54, 1.807) is 0 Å². The Hall–Kier alpha value is -1.83. The van der Waals surface area contributed by atoms with Crippen molar-refractivity contribution in [2.45, 2.75) is 32.0 Å². The number of nitrogens with zero attached hydrogens (tertiary/aromatic N) is 1. The summed E-state index contributed by atoms with van der Waals surface area (Å²) in [5.74, 6) is -1.12. The molecule has 0 aliphatic carbocycles. The summed E-state index contributed by atoms with van der Waals surface area (Å²) < 4.78 is 47.5. The lowest BCUT2D eigenvalue weighted by Crippen LogP contribution is -2.16. The molecule has 1 aromatic rings. The van der Waals surface area contributed by atoms with Crippen LogP contribution in [0, 0.1) is 0 Å². The summed E-state index contributed by atoms with van der Waals surface area (Å²) in [5.41, 5.74) is 4.18. The van der Waals surface area contributed by atoms with E-state index in [9.17, 15) is 18.0 Å². The monoisotopic (exact) mass is 306 g/mol. The maximum Gasteiger partial charge on any atom is 0.417 e. The van der Waals surface area contributed by atoms with Gasteiger partial charge in [-0.1, -0.05) is 0 Å². The van der Waals surface area contributed by atoms with Gasteiger partial charge in [-0.3, -0.25) is 0 Å². The number of pyridine rings is 1. The van der Waals surface area contributed by atoms with Crippen molar-refractivity contribution < 1.29 is 27.4 Å². The minimum Gasteiger partial charge on any atom is -0.477 e. The summed E-state index contributed by atoms with van der Waals surface area (Å²) in [4.78, 5) is 15.1. The molecule has 1 rings (SSSR count). The highest BCUT2D eigenvalue weighted by atomic mass is 19.4. The van der Waals surface area contributed by atoms with Gasteiger partial charge in [-0.05, 0) is 25.8 Å². The molecule has 0 saturated carbocycles. The smallest absolute Gasteiger partial charge is 0.417 e. The van der Waals surface area contributed by atoms with Gasteiger partial charge in [0.25, 0.3) is 0 Å². The van der Waals surface area contributed by atoms with Crippen molar-refractivity contribution in [2.24, 2.45) is 5.73 Å². The predicted molar refractivity (Wildman–Crippen MR) is 69.0 cm³/mol. The second-order valence-corrected chi connectivity index (χ2v) is 4.53. The maximum atomic E-state index is 12.6. The van der Waals surface area contributed by atoms with Crippen LogP contribution in [0.25, 0.3) is 0 Å². The van der Waals surface area contributed by atoms with E-state index in [1.807, 2.05) is 6.92 Å². The van der Waals surface area contributed by atoms with Crippen LogP contribution in [0.5, 0.6) is 5.88 Å². The second kappa shape index (κ2) is 7.26. The number of hydrogen-bond donors (Lipinski definition) is 1. The van der Waals surface area contributed by atoms with Gasteiger partial charge in [0.2, 0.25) is 5.88 Å². The van der Waals surface area contributed by atoms with E-state index in [2.05, 4.69) is 9.72 Å². The lowest BCUT2D eigenvalue weighted by atomic mass is 10.2. The number of rotatable bonds is 6. The molecule has 0 bridgehead atoms. The predicted octanol–water partition coefficient (Wildman–Crippen LogP) is 2.39. The Morgan fingerprint density at radius 3 is 2.67 bits per heavy atom. The van der Waals surface area contributed by atoms with Gasteiger partial charge in [0.05, 0.1) is 19.3 Å². The Morgan fingerprint density at radius 1 is 1.48 bits per heavy atom. The van der Waals surface area contributed by atoms with Crippen molar-refractivity contribution in [2.75, 3.05) is 13.7 Å². The Labute approximate surface area is 120 Å². The summed E-state index contributed by atoms with van der Waals surface area (Å²) >= 11 is 0. The fourth-order valence-electron chi connectivity index (χ4n) is 1.55. The average molecular weight is 306 g/mol. The molecule has 1 atom stereocenters. The van der Waals surface area contributed by atoms with Gasteiger partial charge in [0.1, 0.15) is 5.56 Å². The van der Waals surface area contributed by atoms with E-state index < -0.39 is 17.7 Å². The van der Waals surface area contributed by atoms with Gasteiger partial charge in [0.15, 0.2) is 0 Å². The minimum atomic E-state index is -4.59. The van der Waals surface area contributed by atoms with Crippen LogP contribution in [0.1, 0.15) is 35.7 Å². The van der Waals surface area contributed by atoms with Gasteiger partial charge < -0.3 is 15.2 Å². The number of alkyl halides is 3. The molecule has 0 aliphatic heterocycles. The van der Waals surface area contributed by atoms with E-state index in [-0.39, 0.29) is 24.1 Å². The quantitative estimate of drug-likeness (QED) is 0.645. The molecule has 118 valence electrons. The first-order chi connectivity index (χ1) is 9.75. The van der Waals surface area contributed by atoms with Crippen LogP contribution in [0.3, 0.4) is 0 Å². The molecule has 1 aromatic heterocycles. The average Bonchev–Trinajstić information content (AvgIpc) is 2.41. The summed E-state index contributed by atoms with van der Waals surface area (Å²) in [5, 5.41) is 0. The number of esters is 1. The van der Waals surface area contributed by atoms with E-state index in [1.165, 1.54) is 0 Å². The summed E-state index contributed by atoms with van der Waals surface area (Å²) in [6.07, 6.45) is -2.69. The van der Waals surface area contributed by atoms with Crippen molar-refractivity contribution in [1.82, 2.24) is 4.98 Å². The number of methoxy groups -OCH3 is 1. The molecule has 0 amide bonds. The lowest BCUT2D eigenvalue weighted by Gasteiger charge is -2.12. The number of carbonyl (C=O) groups excluding carboxylic acids is 1. The van der Waals surface area contributed by atoms with Crippen molar-refractivity contribution in [3.63, 3.8) is 0 Å². The molecule has 8 heteroatoms. The van der Waals surface area contributed by atoms with Crippen LogP contribution in [-0.2, 0) is 10.9 Å². The Morgan fingerprint density at radius 2 is 2.14 bits per heavy atom. The van der Waals surface area contributed by atoms with E-state index in [4.69, 9.17) is 10.5 Å². The number of carbonyl (C=O) groups is 1. The zero-order valence-electron chi connectivity index (χ0n) is 11.7. The standard InChI is InChI=1S/C13H17F3N2O3/c1-8(17)4-3-5-21-11-10(12(19)20-2)6-9(7-18-11)13(14,15)16/h6-8H,3-5,17H2,1-2H3. The molecule has 0 aromatic carbocycles. The molecule has 0 aliphatic rings. The van der Waals surface area contributed by atoms with Gasteiger partial charge in [0, 0.05) is 12.2 Å². The number of nitrogens with two attached hydrogens (primary N) is 1. The molecular weight excluding hydrogens is 289 g/mol. The topological polar surface area (TPSA) is 74.4 Å². The fraction of sp³-hybridized carbons (Fsp3) is 0.538. The van der Waals surface area contributed by atoms with Crippen molar-refractivity contribution >= 4 is 5.97 Å². The molecule has 5 nitrogen and oxygen atoms in total. The van der Waals surface area contributed by atoms with E-state index in [0.29, 0.717) is 25.1 Å². The van der Waals surface area contributed by atoms with E-state index >= 15 is 0 Å². The van der Waals surface area contributed by atoms with Crippen LogP contribution >= 0.6 is 0 Å². The zero-order valence-corrected chi connectivity index (χ0v) is 11.7. The van der Waals surface area contributed by atoms with Crippen LogP contribution in [0.4, 0.5) is 13.2 Å². The lowest BCUT2D eigenvalue weighted by molar-refractivity contribution is -0.137. The Bertz CT molecular complexity index is 490. The SMILES string of the molecule is COC(=O)c1cc(C(F)(F)F)cnc1OCCCC(C)N. The first-order valence-corrected chi connectivity index (χ1v) is 6.29. The van der Waals surface area contributed by atoms with Gasteiger partial charge in [-0.25, -0.2) is 9.78 Å². The Balaban J connectivity index is 2.90.